The van der Waals surface area contributed by atoms with Crippen molar-refractivity contribution in [3.05, 3.63) is 29.8 Å². The van der Waals surface area contributed by atoms with Crippen molar-refractivity contribution in [3.63, 3.8) is 0 Å². The number of carboxylic acid groups (broad SMARTS) is 1. The smallest absolute Gasteiger partial charge is 0.322 e. The maximum absolute atomic E-state index is 12.1. The zero-order valence-electron chi connectivity index (χ0n) is 13.0. The highest BCUT2D eigenvalue weighted by Gasteiger charge is 2.29. The Morgan fingerprint density at radius 3 is 2.29 bits per heavy atom. The van der Waals surface area contributed by atoms with E-state index in [1.54, 1.807) is 13.8 Å². The van der Waals surface area contributed by atoms with Crippen LogP contribution in [0.4, 0.5) is 0 Å². The molecule has 0 aliphatic heterocycles. The minimum Gasteiger partial charge on any atom is -0.493 e. The molecule has 21 heavy (non-hydrogen) atoms. The minimum absolute atomic E-state index is 0.319. The highest BCUT2D eigenvalue weighted by atomic mass is 16.5. The zero-order chi connectivity index (χ0) is 16.0. The number of carboxylic acids is 1. The molecule has 1 aromatic carbocycles. The molecule has 0 aliphatic rings. The van der Waals surface area contributed by atoms with Crippen LogP contribution in [0.3, 0.4) is 0 Å². The van der Waals surface area contributed by atoms with Crippen molar-refractivity contribution < 1.29 is 19.4 Å². The van der Waals surface area contributed by atoms with E-state index in [2.05, 4.69) is 19.2 Å². The molecule has 0 fully saturated rings. The average Bonchev–Trinajstić information content (AvgIpc) is 2.42. The molecule has 5 nitrogen and oxygen atoms in total. The normalized spacial score (nSPS) is 11.3. The predicted octanol–water partition coefficient (Wildman–Crippen LogP) is 2.20. The van der Waals surface area contributed by atoms with Crippen LogP contribution in [0, 0.1) is 5.92 Å². The molecule has 0 unspecified atom stereocenters. The van der Waals surface area contributed by atoms with Crippen molar-refractivity contribution in [2.45, 2.75) is 33.1 Å². The topological polar surface area (TPSA) is 75.6 Å². The number of benzene rings is 1. The van der Waals surface area contributed by atoms with Crippen LogP contribution in [0.15, 0.2) is 24.3 Å². The summed E-state index contributed by atoms with van der Waals surface area (Å²) in [6.45, 7) is 7.93. The quantitative estimate of drug-likeness (QED) is 0.808. The van der Waals surface area contributed by atoms with Gasteiger partial charge in [-0.3, -0.25) is 9.59 Å². The lowest BCUT2D eigenvalue weighted by molar-refractivity contribution is -0.138. The molecule has 0 aromatic heterocycles. The summed E-state index contributed by atoms with van der Waals surface area (Å²) in [5.74, 6) is -0.172. The molecule has 2 N–H and O–H groups in total. The van der Waals surface area contributed by atoms with Crippen molar-refractivity contribution in [1.29, 1.82) is 0 Å². The second-order valence-corrected chi connectivity index (χ2v) is 5.93. The molecule has 1 rings (SSSR count). The van der Waals surface area contributed by atoms with Gasteiger partial charge in [0.1, 0.15) is 12.3 Å². The number of ether oxygens (including phenoxy) is 1. The highest BCUT2D eigenvalue weighted by Crippen LogP contribution is 2.25. The first kappa shape index (κ1) is 17.0. The Morgan fingerprint density at radius 2 is 1.81 bits per heavy atom. The van der Waals surface area contributed by atoms with E-state index in [9.17, 15) is 9.59 Å². The van der Waals surface area contributed by atoms with Crippen molar-refractivity contribution in [3.8, 4) is 5.75 Å². The summed E-state index contributed by atoms with van der Waals surface area (Å²) in [6, 6.07) is 7.31. The Bertz CT molecular complexity index is 492. The van der Waals surface area contributed by atoms with Crippen LogP contribution in [-0.4, -0.2) is 30.1 Å². The lowest BCUT2D eigenvalue weighted by Crippen LogP contribution is -2.42. The van der Waals surface area contributed by atoms with E-state index in [0.29, 0.717) is 12.5 Å². The van der Waals surface area contributed by atoms with E-state index in [-0.39, 0.29) is 12.5 Å². The molecule has 0 bridgehead atoms. The van der Waals surface area contributed by atoms with Gasteiger partial charge in [0, 0.05) is 0 Å². The summed E-state index contributed by atoms with van der Waals surface area (Å²) < 4.78 is 5.60. The van der Waals surface area contributed by atoms with Crippen LogP contribution in [-0.2, 0) is 15.0 Å². The van der Waals surface area contributed by atoms with Crippen LogP contribution in [0.5, 0.6) is 5.75 Å². The molecule has 0 aliphatic carbocycles. The monoisotopic (exact) mass is 293 g/mol. The van der Waals surface area contributed by atoms with E-state index >= 15 is 0 Å². The van der Waals surface area contributed by atoms with Gasteiger partial charge < -0.3 is 15.2 Å². The van der Waals surface area contributed by atoms with Crippen molar-refractivity contribution in [2.24, 2.45) is 5.92 Å². The Labute approximate surface area is 125 Å². The van der Waals surface area contributed by atoms with E-state index in [0.717, 1.165) is 11.3 Å². The van der Waals surface area contributed by atoms with E-state index in [1.165, 1.54) is 0 Å². The Hall–Kier alpha value is -2.04. The fourth-order valence-corrected chi connectivity index (χ4v) is 1.74. The molecule has 0 heterocycles. The first-order chi connectivity index (χ1) is 9.73. The predicted molar refractivity (Wildman–Crippen MR) is 80.4 cm³/mol. The van der Waals surface area contributed by atoms with Gasteiger partial charge in [0.15, 0.2) is 0 Å². The van der Waals surface area contributed by atoms with Crippen LogP contribution < -0.4 is 10.1 Å². The number of rotatable bonds is 7. The first-order valence-electron chi connectivity index (χ1n) is 6.97. The summed E-state index contributed by atoms with van der Waals surface area (Å²) in [4.78, 5) is 22.6. The summed E-state index contributed by atoms with van der Waals surface area (Å²) in [6.07, 6.45) is 0. The number of hydrogen-bond donors (Lipinski definition) is 2. The molecule has 0 atom stereocenters. The minimum atomic E-state index is -1.06. The summed E-state index contributed by atoms with van der Waals surface area (Å²) in [5.41, 5.74) is 0.00810. The molecule has 1 amide bonds. The zero-order valence-corrected chi connectivity index (χ0v) is 13.0. The Kier molecular flexibility index (Phi) is 5.76. The molecular formula is C16H23NO4. The largest absolute Gasteiger partial charge is 0.493 e. The summed E-state index contributed by atoms with van der Waals surface area (Å²) in [7, 11) is 0. The lowest BCUT2D eigenvalue weighted by atomic mass is 9.83. The van der Waals surface area contributed by atoms with Gasteiger partial charge in [-0.2, -0.15) is 0 Å². The fraction of sp³-hybridized carbons (Fsp3) is 0.500. The first-order valence-corrected chi connectivity index (χ1v) is 6.97. The van der Waals surface area contributed by atoms with Gasteiger partial charge in [0.05, 0.1) is 12.0 Å². The number of nitrogens with one attached hydrogen (secondary N) is 1. The third-order valence-electron chi connectivity index (χ3n) is 3.13. The van der Waals surface area contributed by atoms with Crippen LogP contribution >= 0.6 is 0 Å². The molecule has 5 heteroatoms. The average molecular weight is 293 g/mol. The molecule has 1 aromatic rings. The fourth-order valence-electron chi connectivity index (χ4n) is 1.74. The number of carbonyl (C=O) groups excluding carboxylic acids is 1. The standard InChI is InChI=1S/C16H23NO4/c1-11(2)10-21-13-7-5-12(6-8-13)16(3,4)15(20)17-9-14(18)19/h5-8,11H,9-10H2,1-4H3,(H,17,20)(H,18,19). The van der Waals surface area contributed by atoms with Gasteiger partial charge in [0.25, 0.3) is 0 Å². The number of carbonyl (C=O) groups is 2. The Morgan fingerprint density at radius 1 is 1.24 bits per heavy atom. The number of aliphatic carboxylic acids is 1. The van der Waals surface area contributed by atoms with E-state index in [4.69, 9.17) is 9.84 Å². The van der Waals surface area contributed by atoms with Gasteiger partial charge >= 0.3 is 5.97 Å². The lowest BCUT2D eigenvalue weighted by Gasteiger charge is -2.24. The van der Waals surface area contributed by atoms with E-state index < -0.39 is 11.4 Å². The maximum Gasteiger partial charge on any atom is 0.322 e. The van der Waals surface area contributed by atoms with Gasteiger partial charge in [0.2, 0.25) is 5.91 Å². The number of amides is 1. The van der Waals surface area contributed by atoms with Crippen molar-refractivity contribution >= 4 is 11.9 Å². The SMILES string of the molecule is CC(C)COc1ccc(C(C)(C)C(=O)NCC(=O)O)cc1. The molecule has 0 radical (unpaired) electrons. The van der Waals surface area contributed by atoms with Gasteiger partial charge in [-0.05, 0) is 37.5 Å². The summed E-state index contributed by atoms with van der Waals surface area (Å²) in [5, 5.41) is 11.0. The molecule has 0 saturated carbocycles. The molecular weight excluding hydrogens is 270 g/mol. The Balaban J connectivity index is 2.74. The van der Waals surface area contributed by atoms with Gasteiger partial charge in [-0.25, -0.2) is 0 Å². The number of hydrogen-bond acceptors (Lipinski definition) is 3. The second-order valence-electron chi connectivity index (χ2n) is 5.93. The molecule has 0 spiro atoms. The third kappa shape index (κ3) is 5.10. The van der Waals surface area contributed by atoms with Crippen molar-refractivity contribution in [1.82, 2.24) is 5.32 Å². The van der Waals surface area contributed by atoms with Gasteiger partial charge in [-0.15, -0.1) is 0 Å². The van der Waals surface area contributed by atoms with Crippen molar-refractivity contribution in [2.75, 3.05) is 13.2 Å². The second kappa shape index (κ2) is 7.11. The maximum atomic E-state index is 12.1. The van der Waals surface area contributed by atoms with Crippen LogP contribution in [0.2, 0.25) is 0 Å². The summed E-state index contributed by atoms with van der Waals surface area (Å²) >= 11 is 0. The van der Waals surface area contributed by atoms with Gasteiger partial charge in [-0.1, -0.05) is 26.0 Å². The molecule has 116 valence electrons. The third-order valence-corrected chi connectivity index (χ3v) is 3.13. The van der Waals surface area contributed by atoms with Crippen LogP contribution in [0.25, 0.3) is 0 Å². The molecule has 0 saturated heterocycles. The van der Waals surface area contributed by atoms with Crippen LogP contribution in [0.1, 0.15) is 33.3 Å². The van der Waals surface area contributed by atoms with E-state index in [1.807, 2.05) is 24.3 Å². The highest BCUT2D eigenvalue weighted by molar-refractivity contribution is 5.89.